The van der Waals surface area contributed by atoms with Crippen LogP contribution in [0.25, 0.3) is 0 Å². The van der Waals surface area contributed by atoms with E-state index in [-0.39, 0.29) is 23.4 Å². The van der Waals surface area contributed by atoms with Gasteiger partial charge in [-0.15, -0.1) is 0 Å². The monoisotopic (exact) mass is 431 g/mol. The first-order valence-corrected chi connectivity index (χ1v) is 11.6. The van der Waals surface area contributed by atoms with Gasteiger partial charge in [0.05, 0.1) is 17.2 Å². The lowest BCUT2D eigenvalue weighted by Gasteiger charge is -2.31. The summed E-state index contributed by atoms with van der Waals surface area (Å²) < 4.78 is 33.7. The average Bonchev–Trinajstić information content (AvgIpc) is 2.75. The van der Waals surface area contributed by atoms with Crippen LogP contribution in [-0.4, -0.2) is 58.6 Å². The van der Waals surface area contributed by atoms with Crippen molar-refractivity contribution in [1.29, 1.82) is 0 Å². The van der Waals surface area contributed by atoms with Gasteiger partial charge in [-0.25, -0.2) is 8.42 Å². The third-order valence-corrected chi connectivity index (χ3v) is 6.91. The highest BCUT2D eigenvalue weighted by Crippen LogP contribution is 2.32. The summed E-state index contributed by atoms with van der Waals surface area (Å²) in [6.07, 6.45) is 1.70. The molecule has 1 N–H and O–H groups in total. The Hall–Kier alpha value is -2.58. The zero-order valence-corrected chi connectivity index (χ0v) is 18.3. The number of hydrogen-bond donors (Lipinski definition) is 1. The molecule has 7 nitrogen and oxygen atoms in total. The lowest BCUT2D eigenvalue weighted by molar-refractivity contribution is -0.120. The van der Waals surface area contributed by atoms with E-state index in [1.165, 1.54) is 12.1 Å². The van der Waals surface area contributed by atoms with Gasteiger partial charge < -0.3 is 15.0 Å². The van der Waals surface area contributed by atoms with E-state index < -0.39 is 10.0 Å². The highest BCUT2D eigenvalue weighted by atomic mass is 32.2. The fourth-order valence-corrected chi connectivity index (χ4v) is 4.97. The molecule has 1 aliphatic heterocycles. The van der Waals surface area contributed by atoms with Gasteiger partial charge >= 0.3 is 0 Å². The summed E-state index contributed by atoms with van der Waals surface area (Å²) in [5.74, 6) is 0.0990. The van der Waals surface area contributed by atoms with Crippen molar-refractivity contribution in [2.24, 2.45) is 0 Å². The molecule has 2 aromatic carbocycles. The van der Waals surface area contributed by atoms with Crippen molar-refractivity contribution in [3.8, 4) is 5.75 Å². The zero-order chi connectivity index (χ0) is 21.6. The van der Waals surface area contributed by atoms with Gasteiger partial charge in [0.2, 0.25) is 5.91 Å². The SMILES string of the molecule is CCOc1ccccc1N(CC(=O)NC1CCN(C)CC1)S(=O)(=O)c1ccccc1. The van der Waals surface area contributed by atoms with E-state index in [0.717, 1.165) is 30.2 Å². The van der Waals surface area contributed by atoms with E-state index in [0.29, 0.717) is 18.0 Å². The van der Waals surface area contributed by atoms with Crippen LogP contribution in [0.5, 0.6) is 5.75 Å². The van der Waals surface area contributed by atoms with Crippen molar-refractivity contribution in [2.45, 2.75) is 30.7 Å². The molecule has 162 valence electrons. The Labute approximate surface area is 178 Å². The van der Waals surface area contributed by atoms with Gasteiger partial charge in [0.1, 0.15) is 12.3 Å². The molecule has 0 radical (unpaired) electrons. The quantitative estimate of drug-likeness (QED) is 0.695. The largest absolute Gasteiger partial charge is 0.492 e. The molecule has 2 aromatic rings. The number of carbonyl (C=O) groups excluding carboxylic acids is 1. The van der Waals surface area contributed by atoms with E-state index in [4.69, 9.17) is 4.74 Å². The minimum Gasteiger partial charge on any atom is -0.492 e. The molecule has 0 saturated carbocycles. The Balaban J connectivity index is 1.89. The second-order valence-electron chi connectivity index (χ2n) is 7.37. The number of ether oxygens (including phenoxy) is 1. The molecule has 1 fully saturated rings. The molecular weight excluding hydrogens is 402 g/mol. The van der Waals surface area contributed by atoms with Crippen molar-refractivity contribution in [1.82, 2.24) is 10.2 Å². The van der Waals surface area contributed by atoms with Crippen LogP contribution < -0.4 is 14.4 Å². The molecule has 0 aliphatic carbocycles. The number of likely N-dealkylation sites (tertiary alicyclic amines) is 1. The van der Waals surface area contributed by atoms with Gasteiger partial charge in [0, 0.05) is 6.04 Å². The number of carbonyl (C=O) groups is 1. The second-order valence-corrected chi connectivity index (χ2v) is 9.23. The molecule has 1 aliphatic rings. The van der Waals surface area contributed by atoms with Crippen LogP contribution in [0.4, 0.5) is 5.69 Å². The minimum atomic E-state index is -3.96. The molecule has 0 bridgehead atoms. The molecule has 1 heterocycles. The number of benzene rings is 2. The molecule has 3 rings (SSSR count). The summed E-state index contributed by atoms with van der Waals surface area (Å²) in [5.41, 5.74) is 0.349. The molecule has 0 atom stereocenters. The average molecular weight is 432 g/mol. The Morgan fingerprint density at radius 2 is 1.73 bits per heavy atom. The second kappa shape index (κ2) is 9.95. The van der Waals surface area contributed by atoms with Crippen LogP contribution in [-0.2, 0) is 14.8 Å². The summed E-state index contributed by atoms with van der Waals surface area (Å²) in [6, 6.07) is 15.1. The van der Waals surface area contributed by atoms with E-state index in [2.05, 4.69) is 17.3 Å². The molecule has 0 aromatic heterocycles. The van der Waals surface area contributed by atoms with Crippen LogP contribution in [0.3, 0.4) is 0 Å². The molecule has 1 amide bonds. The molecule has 0 unspecified atom stereocenters. The van der Waals surface area contributed by atoms with Gasteiger partial charge in [-0.3, -0.25) is 9.10 Å². The number of nitrogens with one attached hydrogen (secondary N) is 1. The van der Waals surface area contributed by atoms with Gasteiger partial charge in [-0.1, -0.05) is 30.3 Å². The van der Waals surface area contributed by atoms with Gasteiger partial charge in [-0.2, -0.15) is 0 Å². The predicted octanol–water partition coefficient (Wildman–Crippen LogP) is 2.49. The van der Waals surface area contributed by atoms with Crippen LogP contribution in [0.2, 0.25) is 0 Å². The Bertz CT molecular complexity index is 942. The number of hydrogen-bond acceptors (Lipinski definition) is 5. The first kappa shape index (κ1) is 22.1. The summed E-state index contributed by atoms with van der Waals surface area (Å²) in [4.78, 5) is 15.2. The van der Waals surface area contributed by atoms with Crippen molar-refractivity contribution < 1.29 is 17.9 Å². The molecule has 0 spiro atoms. The zero-order valence-electron chi connectivity index (χ0n) is 17.5. The molecular formula is C22H29N3O4S. The standard InChI is InChI=1S/C22H29N3O4S/c1-3-29-21-12-8-7-11-20(21)25(30(27,28)19-9-5-4-6-10-19)17-22(26)23-18-13-15-24(2)16-14-18/h4-12,18H,3,13-17H2,1-2H3,(H,23,26). The van der Waals surface area contributed by atoms with Gasteiger partial charge in [0.15, 0.2) is 0 Å². The van der Waals surface area contributed by atoms with Crippen LogP contribution >= 0.6 is 0 Å². The summed E-state index contributed by atoms with van der Waals surface area (Å²) >= 11 is 0. The predicted molar refractivity (Wildman–Crippen MR) is 117 cm³/mol. The van der Waals surface area contributed by atoms with Gasteiger partial charge in [0.25, 0.3) is 10.0 Å². The first-order chi connectivity index (χ1) is 14.4. The van der Waals surface area contributed by atoms with Crippen LogP contribution in [0.1, 0.15) is 19.8 Å². The number of piperidine rings is 1. The summed E-state index contributed by atoms with van der Waals surface area (Å²) in [5, 5.41) is 3.00. The van der Waals surface area contributed by atoms with E-state index >= 15 is 0 Å². The maximum Gasteiger partial charge on any atom is 0.264 e. The maximum absolute atomic E-state index is 13.4. The lowest BCUT2D eigenvalue weighted by atomic mass is 10.1. The van der Waals surface area contributed by atoms with Crippen molar-refractivity contribution in [3.63, 3.8) is 0 Å². The minimum absolute atomic E-state index is 0.0529. The Kier molecular flexibility index (Phi) is 7.33. The lowest BCUT2D eigenvalue weighted by Crippen LogP contribution is -2.47. The van der Waals surface area contributed by atoms with Crippen molar-refractivity contribution in [3.05, 3.63) is 54.6 Å². The highest BCUT2D eigenvalue weighted by Gasteiger charge is 2.30. The van der Waals surface area contributed by atoms with Crippen LogP contribution in [0.15, 0.2) is 59.5 Å². The molecule has 8 heteroatoms. The number of rotatable bonds is 8. The van der Waals surface area contributed by atoms with E-state index in [1.54, 1.807) is 42.5 Å². The number of amides is 1. The summed E-state index contributed by atoms with van der Waals surface area (Å²) in [7, 11) is -1.90. The van der Waals surface area contributed by atoms with Crippen molar-refractivity contribution in [2.75, 3.05) is 37.6 Å². The Morgan fingerprint density at radius 1 is 1.10 bits per heavy atom. The van der Waals surface area contributed by atoms with Crippen molar-refractivity contribution >= 4 is 21.6 Å². The number of nitrogens with zero attached hydrogens (tertiary/aromatic N) is 2. The summed E-state index contributed by atoms with van der Waals surface area (Å²) in [6.45, 7) is 3.72. The molecule has 30 heavy (non-hydrogen) atoms. The third-order valence-electron chi connectivity index (χ3n) is 5.14. The third kappa shape index (κ3) is 5.31. The number of anilines is 1. The van der Waals surface area contributed by atoms with E-state index in [9.17, 15) is 13.2 Å². The fraction of sp³-hybridized carbons (Fsp3) is 0.409. The first-order valence-electron chi connectivity index (χ1n) is 10.2. The maximum atomic E-state index is 13.4. The highest BCUT2D eigenvalue weighted by molar-refractivity contribution is 7.92. The number of sulfonamides is 1. The smallest absolute Gasteiger partial charge is 0.264 e. The number of para-hydroxylation sites is 2. The van der Waals surface area contributed by atoms with E-state index in [1.807, 2.05) is 6.92 Å². The van der Waals surface area contributed by atoms with Crippen LogP contribution in [0, 0.1) is 0 Å². The van der Waals surface area contributed by atoms with Gasteiger partial charge in [-0.05, 0) is 64.2 Å². The normalized spacial score (nSPS) is 15.5. The fourth-order valence-electron chi connectivity index (χ4n) is 3.52. The topological polar surface area (TPSA) is 79.0 Å². The molecule has 1 saturated heterocycles. The Morgan fingerprint density at radius 3 is 2.40 bits per heavy atom.